The molecule has 0 unspecified atom stereocenters. The zero-order chi connectivity index (χ0) is 22.7. The average molecular weight is 595 g/mol. The van der Waals surface area contributed by atoms with Crippen molar-refractivity contribution >= 4 is 66.8 Å². The number of nitrogens with zero attached hydrogens (tertiary/aromatic N) is 3. The molecule has 1 heterocycles. The predicted molar refractivity (Wildman–Crippen MR) is 135 cm³/mol. The molecule has 3 aromatic carbocycles. The Balaban J connectivity index is 1.62. The van der Waals surface area contributed by atoms with Crippen LogP contribution in [0.25, 0.3) is 17.1 Å². The quantitative estimate of drug-likeness (QED) is 0.248. The van der Waals surface area contributed by atoms with Gasteiger partial charge in [-0.05, 0) is 48.5 Å². The van der Waals surface area contributed by atoms with E-state index in [-0.39, 0.29) is 17.4 Å². The maximum absolute atomic E-state index is 12.5. The number of nitrogens with one attached hydrogen (secondary N) is 1. The van der Waals surface area contributed by atoms with Crippen molar-refractivity contribution in [1.82, 2.24) is 14.8 Å². The molecule has 2 N–H and O–H groups in total. The van der Waals surface area contributed by atoms with Gasteiger partial charge in [0.1, 0.15) is 5.75 Å². The highest BCUT2D eigenvalue weighted by Crippen LogP contribution is 2.34. The molecule has 0 saturated carbocycles. The first-order valence-electron chi connectivity index (χ1n) is 9.30. The largest absolute Gasteiger partial charge is 0.507 e. The van der Waals surface area contributed by atoms with Crippen LogP contribution < -0.4 is 5.32 Å². The van der Waals surface area contributed by atoms with Crippen LogP contribution >= 0.6 is 55.2 Å². The lowest BCUT2D eigenvalue weighted by atomic mass is 10.2. The van der Waals surface area contributed by atoms with Crippen molar-refractivity contribution in [3.05, 3.63) is 80.7 Å². The number of phenolic OH excluding ortho intramolecular Hbond substituents is 1. The molecule has 10 heteroatoms. The maximum atomic E-state index is 12.5. The molecule has 0 fully saturated rings. The Hall–Kier alpha value is -2.33. The van der Waals surface area contributed by atoms with Gasteiger partial charge in [-0.1, -0.05) is 73.4 Å². The number of thioether (sulfide) groups is 1. The van der Waals surface area contributed by atoms with Gasteiger partial charge in [-0.25, -0.2) is 0 Å². The van der Waals surface area contributed by atoms with Crippen LogP contribution in [0.5, 0.6) is 5.75 Å². The van der Waals surface area contributed by atoms with E-state index >= 15 is 0 Å². The topological polar surface area (TPSA) is 80.0 Å². The van der Waals surface area contributed by atoms with Crippen molar-refractivity contribution in [3.8, 4) is 22.8 Å². The van der Waals surface area contributed by atoms with Crippen LogP contribution in [0.15, 0.2) is 80.8 Å². The lowest BCUT2D eigenvalue weighted by Crippen LogP contribution is -2.15. The normalized spacial score (nSPS) is 10.8. The molecule has 4 rings (SSSR count). The van der Waals surface area contributed by atoms with Crippen LogP contribution in [0.2, 0.25) is 5.02 Å². The van der Waals surface area contributed by atoms with Gasteiger partial charge in [0.15, 0.2) is 11.0 Å². The number of hydrogen-bond acceptors (Lipinski definition) is 5. The summed E-state index contributed by atoms with van der Waals surface area (Å²) in [5.41, 5.74) is 1.86. The summed E-state index contributed by atoms with van der Waals surface area (Å²) in [6, 6.07) is 19.9. The van der Waals surface area contributed by atoms with Gasteiger partial charge in [0.25, 0.3) is 0 Å². The number of carbonyl (C=O) groups is 1. The minimum atomic E-state index is -0.228. The summed E-state index contributed by atoms with van der Waals surface area (Å²) in [6.07, 6.45) is 0. The fraction of sp³-hybridized carbons (Fsp3) is 0.0455. The van der Waals surface area contributed by atoms with Crippen molar-refractivity contribution in [2.24, 2.45) is 0 Å². The van der Waals surface area contributed by atoms with Crippen LogP contribution in [0.4, 0.5) is 5.69 Å². The fourth-order valence-corrected chi connectivity index (χ4v) is 4.78. The van der Waals surface area contributed by atoms with E-state index < -0.39 is 0 Å². The first-order valence-corrected chi connectivity index (χ1v) is 12.2. The van der Waals surface area contributed by atoms with E-state index in [1.165, 1.54) is 11.8 Å². The summed E-state index contributed by atoms with van der Waals surface area (Å²) in [5.74, 6) is 0.418. The van der Waals surface area contributed by atoms with Gasteiger partial charge in [0, 0.05) is 14.6 Å². The minimum Gasteiger partial charge on any atom is -0.507 e. The summed E-state index contributed by atoms with van der Waals surface area (Å²) < 4.78 is 3.44. The van der Waals surface area contributed by atoms with Gasteiger partial charge < -0.3 is 10.4 Å². The van der Waals surface area contributed by atoms with Crippen LogP contribution in [0, 0.1) is 0 Å². The molecule has 1 aromatic heterocycles. The number of para-hydroxylation sites is 1. The summed E-state index contributed by atoms with van der Waals surface area (Å²) in [7, 11) is 0. The molecule has 0 saturated heterocycles. The van der Waals surface area contributed by atoms with Crippen LogP contribution in [-0.2, 0) is 4.79 Å². The Bertz CT molecular complexity index is 1280. The molecule has 0 radical (unpaired) electrons. The van der Waals surface area contributed by atoms with E-state index in [0.29, 0.717) is 27.3 Å². The zero-order valence-electron chi connectivity index (χ0n) is 16.3. The lowest BCUT2D eigenvalue weighted by molar-refractivity contribution is -0.113. The van der Waals surface area contributed by atoms with Crippen LogP contribution in [0.1, 0.15) is 0 Å². The minimum absolute atomic E-state index is 0.0805. The molecule has 4 aromatic rings. The molecule has 1 amide bonds. The van der Waals surface area contributed by atoms with Crippen molar-refractivity contribution in [1.29, 1.82) is 0 Å². The monoisotopic (exact) mass is 592 g/mol. The molecular weight excluding hydrogens is 580 g/mol. The average Bonchev–Trinajstić information content (AvgIpc) is 3.20. The Morgan fingerprint density at radius 2 is 1.75 bits per heavy atom. The van der Waals surface area contributed by atoms with E-state index in [4.69, 9.17) is 11.6 Å². The van der Waals surface area contributed by atoms with Gasteiger partial charge >= 0.3 is 0 Å². The highest BCUT2D eigenvalue weighted by molar-refractivity contribution is 9.10. The third-order valence-electron chi connectivity index (χ3n) is 4.38. The molecule has 162 valence electrons. The van der Waals surface area contributed by atoms with Gasteiger partial charge in [0.05, 0.1) is 22.0 Å². The summed E-state index contributed by atoms with van der Waals surface area (Å²) in [6.45, 7) is 0. The number of carbonyl (C=O) groups excluding carboxylic acids is 1. The zero-order valence-corrected chi connectivity index (χ0v) is 21.0. The van der Waals surface area contributed by atoms with Crippen molar-refractivity contribution in [3.63, 3.8) is 0 Å². The van der Waals surface area contributed by atoms with Gasteiger partial charge in [-0.3, -0.25) is 9.36 Å². The van der Waals surface area contributed by atoms with Crippen molar-refractivity contribution < 1.29 is 9.90 Å². The Kier molecular flexibility index (Phi) is 7.20. The van der Waals surface area contributed by atoms with Crippen molar-refractivity contribution in [2.75, 3.05) is 11.1 Å². The lowest BCUT2D eigenvalue weighted by Gasteiger charge is -2.12. The first-order chi connectivity index (χ1) is 15.4. The number of amides is 1. The third-order valence-corrected chi connectivity index (χ3v) is 6.61. The maximum Gasteiger partial charge on any atom is 0.234 e. The second-order valence-electron chi connectivity index (χ2n) is 6.60. The molecule has 0 aliphatic carbocycles. The molecular formula is C22H15Br2ClN4O2S. The number of benzene rings is 3. The number of halogens is 3. The standard InChI is InChI=1S/C22H15Br2ClN4O2S/c23-13-7-9-19(30)16(10-13)21-27-28-22(29(21)15-4-2-1-3-5-15)32-12-20(31)26-18-8-6-14(24)11-17(18)25/h1-11,30H,12H2,(H,26,31). The summed E-state index contributed by atoms with van der Waals surface area (Å²) in [4.78, 5) is 12.5. The number of aromatic hydroxyl groups is 1. The van der Waals surface area contributed by atoms with E-state index in [1.807, 2.05) is 34.9 Å². The highest BCUT2D eigenvalue weighted by Gasteiger charge is 2.20. The predicted octanol–water partition coefficient (Wildman–Crippen LogP) is 6.55. The van der Waals surface area contributed by atoms with E-state index in [0.717, 1.165) is 14.6 Å². The Labute approximate surface area is 210 Å². The number of anilines is 1. The molecule has 0 spiro atoms. The first kappa shape index (κ1) is 22.8. The van der Waals surface area contributed by atoms with Gasteiger partial charge in [0.2, 0.25) is 5.91 Å². The van der Waals surface area contributed by atoms with Crippen LogP contribution in [-0.4, -0.2) is 31.5 Å². The summed E-state index contributed by atoms with van der Waals surface area (Å²) in [5, 5.41) is 22.8. The third kappa shape index (κ3) is 5.17. The Morgan fingerprint density at radius 1 is 1.03 bits per heavy atom. The van der Waals surface area contributed by atoms with E-state index in [9.17, 15) is 9.90 Å². The molecule has 32 heavy (non-hydrogen) atoms. The number of rotatable bonds is 6. The van der Waals surface area contributed by atoms with E-state index in [1.54, 1.807) is 36.4 Å². The number of phenols is 1. The number of aromatic nitrogens is 3. The van der Waals surface area contributed by atoms with Crippen LogP contribution in [0.3, 0.4) is 0 Å². The second-order valence-corrected chi connectivity index (χ2v) is 9.78. The van der Waals surface area contributed by atoms with Crippen molar-refractivity contribution in [2.45, 2.75) is 5.16 Å². The number of hydrogen-bond donors (Lipinski definition) is 2. The summed E-state index contributed by atoms with van der Waals surface area (Å²) >= 11 is 14.2. The Morgan fingerprint density at radius 3 is 2.50 bits per heavy atom. The molecule has 0 atom stereocenters. The van der Waals surface area contributed by atoms with Gasteiger partial charge in [-0.2, -0.15) is 0 Å². The molecule has 0 aliphatic rings. The smallest absolute Gasteiger partial charge is 0.234 e. The van der Waals surface area contributed by atoms with Gasteiger partial charge in [-0.15, -0.1) is 10.2 Å². The SMILES string of the molecule is O=C(CSc1nnc(-c2cc(Br)ccc2O)n1-c1ccccc1)Nc1ccc(Br)cc1Cl. The molecule has 6 nitrogen and oxygen atoms in total. The molecule has 0 bridgehead atoms. The van der Waals surface area contributed by atoms with E-state index in [2.05, 4.69) is 47.4 Å². The second kappa shape index (κ2) is 10.1. The highest BCUT2D eigenvalue weighted by atomic mass is 79.9. The fourth-order valence-electron chi connectivity index (χ4n) is 2.94. The molecule has 0 aliphatic heterocycles.